The zero-order chi connectivity index (χ0) is 24.2. The highest BCUT2D eigenvalue weighted by Gasteiger charge is 2.42. The van der Waals surface area contributed by atoms with Crippen molar-refractivity contribution in [2.45, 2.75) is 38.5 Å². The molecule has 178 valence electrons. The lowest BCUT2D eigenvalue weighted by Crippen LogP contribution is -2.36. The summed E-state index contributed by atoms with van der Waals surface area (Å²) < 4.78 is 10.8. The highest BCUT2D eigenvalue weighted by molar-refractivity contribution is 6.31. The second-order valence-electron chi connectivity index (χ2n) is 8.42. The second kappa shape index (κ2) is 10.8. The van der Waals surface area contributed by atoms with E-state index in [0.29, 0.717) is 58.5 Å². The Labute approximate surface area is 209 Å². The fourth-order valence-electron chi connectivity index (χ4n) is 4.72. The summed E-state index contributed by atoms with van der Waals surface area (Å²) in [5.74, 6) is -1.06. The van der Waals surface area contributed by atoms with Gasteiger partial charge in [-0.3, -0.25) is 4.79 Å². The molecule has 1 aliphatic heterocycles. The van der Waals surface area contributed by atoms with Gasteiger partial charge in [-0.05, 0) is 55.5 Å². The van der Waals surface area contributed by atoms with Crippen molar-refractivity contribution in [1.82, 2.24) is 5.32 Å². The Hall–Kier alpha value is -2.60. The Bertz CT molecular complexity index is 1150. The van der Waals surface area contributed by atoms with Crippen molar-refractivity contribution in [3.8, 4) is 0 Å². The van der Waals surface area contributed by atoms with Gasteiger partial charge in [-0.2, -0.15) is 0 Å². The predicted molar refractivity (Wildman–Crippen MR) is 133 cm³/mol. The summed E-state index contributed by atoms with van der Waals surface area (Å²) in [4.78, 5) is 26.8. The van der Waals surface area contributed by atoms with Crippen LogP contribution >= 0.6 is 23.2 Å². The van der Waals surface area contributed by atoms with Crippen molar-refractivity contribution in [2.75, 3.05) is 19.8 Å². The first-order chi connectivity index (χ1) is 16.4. The molecule has 2 aromatic carbocycles. The van der Waals surface area contributed by atoms with Crippen molar-refractivity contribution in [2.24, 2.45) is 0 Å². The van der Waals surface area contributed by atoms with Gasteiger partial charge in [0.25, 0.3) is 0 Å². The number of halogens is 2. The third kappa shape index (κ3) is 5.07. The monoisotopic (exact) mass is 499 g/mol. The Kier molecular flexibility index (Phi) is 7.77. The summed E-state index contributed by atoms with van der Waals surface area (Å²) in [6.45, 7) is 4.71. The molecular weight excluding hydrogens is 473 g/mol. The molecule has 2 unspecified atom stereocenters. The smallest absolute Gasteiger partial charge is 0.336 e. The number of rotatable bonds is 7. The molecule has 1 heterocycles. The Morgan fingerprint density at radius 2 is 1.79 bits per heavy atom. The van der Waals surface area contributed by atoms with Crippen LogP contribution in [0.25, 0.3) is 0 Å². The molecule has 0 saturated heterocycles. The van der Waals surface area contributed by atoms with Gasteiger partial charge in [0, 0.05) is 46.0 Å². The third-order valence-electron chi connectivity index (χ3n) is 6.27. The Morgan fingerprint density at radius 1 is 1.06 bits per heavy atom. The van der Waals surface area contributed by atoms with E-state index in [0.717, 1.165) is 11.3 Å². The molecular formula is C27H27Cl2NO4. The molecule has 4 rings (SSSR count). The molecule has 1 N–H and O–H groups in total. The minimum absolute atomic E-state index is 0.00858. The number of esters is 1. The standard InChI is InChI=1S/C27H27Cl2NO4/c1-3-33-12-13-34-27(32)24-16(2)30-22-14-18(17-8-10-19(28)11-9-17)15-23(31)26(22)25(24)20-6-4-5-7-21(20)29/h4-11,18,25,30H,3,12-15H2,1-2H3. The first-order valence-electron chi connectivity index (χ1n) is 11.4. The van der Waals surface area contributed by atoms with E-state index in [4.69, 9.17) is 32.7 Å². The maximum Gasteiger partial charge on any atom is 0.336 e. The number of ether oxygens (including phenoxy) is 2. The Balaban J connectivity index is 1.72. The number of allylic oxidation sites excluding steroid dienone is 3. The molecule has 1 aliphatic carbocycles. The van der Waals surface area contributed by atoms with E-state index >= 15 is 0 Å². The van der Waals surface area contributed by atoms with Crippen molar-refractivity contribution in [1.29, 1.82) is 0 Å². The Morgan fingerprint density at radius 3 is 2.50 bits per heavy atom. The van der Waals surface area contributed by atoms with Gasteiger partial charge in [0.05, 0.1) is 12.2 Å². The van der Waals surface area contributed by atoms with Crippen LogP contribution in [0, 0.1) is 0 Å². The normalized spacial score (nSPS) is 20.2. The fourth-order valence-corrected chi connectivity index (χ4v) is 5.09. The van der Waals surface area contributed by atoms with Crippen molar-refractivity contribution < 1.29 is 19.1 Å². The molecule has 0 aromatic heterocycles. The van der Waals surface area contributed by atoms with Crippen molar-refractivity contribution in [3.05, 3.63) is 92.2 Å². The largest absolute Gasteiger partial charge is 0.460 e. The number of carbonyl (C=O) groups excluding carboxylic acids is 2. The zero-order valence-electron chi connectivity index (χ0n) is 19.2. The van der Waals surface area contributed by atoms with Gasteiger partial charge in [0.2, 0.25) is 0 Å². The number of hydrogen-bond donors (Lipinski definition) is 1. The molecule has 2 aromatic rings. The van der Waals surface area contributed by atoms with Crippen LogP contribution < -0.4 is 5.32 Å². The van der Waals surface area contributed by atoms with Gasteiger partial charge in [-0.1, -0.05) is 53.5 Å². The summed E-state index contributed by atoms with van der Waals surface area (Å²) >= 11 is 12.6. The summed E-state index contributed by atoms with van der Waals surface area (Å²) in [6, 6.07) is 14.9. The molecule has 0 saturated carbocycles. The lowest BCUT2D eigenvalue weighted by atomic mass is 9.71. The van der Waals surface area contributed by atoms with Gasteiger partial charge >= 0.3 is 5.97 Å². The van der Waals surface area contributed by atoms with E-state index in [1.807, 2.05) is 56.3 Å². The number of benzene rings is 2. The van der Waals surface area contributed by atoms with Gasteiger partial charge in [0.1, 0.15) is 6.61 Å². The highest BCUT2D eigenvalue weighted by atomic mass is 35.5. The topological polar surface area (TPSA) is 64.6 Å². The van der Waals surface area contributed by atoms with E-state index < -0.39 is 11.9 Å². The van der Waals surface area contributed by atoms with Crippen molar-refractivity contribution in [3.63, 3.8) is 0 Å². The molecule has 0 bridgehead atoms. The van der Waals surface area contributed by atoms with Gasteiger partial charge in [-0.25, -0.2) is 4.79 Å². The summed E-state index contributed by atoms with van der Waals surface area (Å²) in [5.41, 5.74) is 4.25. The average molecular weight is 500 g/mol. The van der Waals surface area contributed by atoms with Gasteiger partial charge < -0.3 is 14.8 Å². The molecule has 5 nitrogen and oxygen atoms in total. The lowest BCUT2D eigenvalue weighted by molar-refractivity contribution is -0.140. The van der Waals surface area contributed by atoms with E-state index in [1.54, 1.807) is 6.07 Å². The minimum Gasteiger partial charge on any atom is -0.460 e. The molecule has 2 aliphatic rings. The van der Waals surface area contributed by atoms with E-state index in [9.17, 15) is 9.59 Å². The van der Waals surface area contributed by atoms with Crippen molar-refractivity contribution >= 4 is 35.0 Å². The first-order valence-corrected chi connectivity index (χ1v) is 12.1. The molecule has 34 heavy (non-hydrogen) atoms. The highest BCUT2D eigenvalue weighted by Crippen LogP contribution is 2.47. The SMILES string of the molecule is CCOCCOC(=O)C1=C(C)NC2=C(C(=O)CC(c3ccc(Cl)cc3)C2)C1c1ccccc1Cl. The maximum atomic E-state index is 13.6. The van der Waals surface area contributed by atoms with Crippen LogP contribution in [-0.4, -0.2) is 31.6 Å². The summed E-state index contributed by atoms with van der Waals surface area (Å²) in [5, 5.41) is 4.51. The molecule has 2 atom stereocenters. The number of ketones is 1. The maximum absolute atomic E-state index is 13.6. The third-order valence-corrected chi connectivity index (χ3v) is 6.87. The van der Waals surface area contributed by atoms with E-state index in [-0.39, 0.29) is 18.3 Å². The van der Waals surface area contributed by atoms with Crippen LogP contribution in [0.3, 0.4) is 0 Å². The minimum atomic E-state index is -0.594. The molecule has 0 radical (unpaired) electrons. The average Bonchev–Trinajstić information content (AvgIpc) is 2.81. The van der Waals surface area contributed by atoms with E-state index in [2.05, 4.69) is 5.32 Å². The molecule has 7 heteroatoms. The quantitative estimate of drug-likeness (QED) is 0.377. The van der Waals surface area contributed by atoms with Crippen LogP contribution in [0.15, 0.2) is 71.1 Å². The molecule has 0 fully saturated rings. The lowest BCUT2D eigenvalue weighted by Gasteiger charge is -2.37. The van der Waals surface area contributed by atoms with E-state index in [1.165, 1.54) is 0 Å². The van der Waals surface area contributed by atoms with Crippen LogP contribution in [0.5, 0.6) is 0 Å². The van der Waals surface area contributed by atoms with Gasteiger partial charge in [0.15, 0.2) is 5.78 Å². The number of Topliss-reactive ketones (excluding diaryl/α,β-unsaturated/α-hetero) is 1. The van der Waals surface area contributed by atoms with Gasteiger partial charge in [-0.15, -0.1) is 0 Å². The first kappa shape index (κ1) is 24.5. The zero-order valence-corrected chi connectivity index (χ0v) is 20.7. The van der Waals surface area contributed by atoms with Crippen LogP contribution in [-0.2, 0) is 19.1 Å². The molecule has 0 spiro atoms. The number of dihydropyridines is 1. The number of hydrogen-bond acceptors (Lipinski definition) is 5. The van der Waals surface area contributed by atoms with Crippen LogP contribution in [0.1, 0.15) is 49.7 Å². The fraction of sp³-hybridized carbons (Fsp3) is 0.333. The summed E-state index contributed by atoms with van der Waals surface area (Å²) in [7, 11) is 0. The van der Waals surface area contributed by atoms with Crippen LogP contribution in [0.2, 0.25) is 10.0 Å². The summed E-state index contributed by atoms with van der Waals surface area (Å²) in [6.07, 6.45) is 0.989. The predicted octanol–water partition coefficient (Wildman–Crippen LogP) is 5.93. The number of nitrogens with one attached hydrogen (secondary N) is 1. The second-order valence-corrected chi connectivity index (χ2v) is 9.27. The van der Waals surface area contributed by atoms with Crippen LogP contribution in [0.4, 0.5) is 0 Å². The number of carbonyl (C=O) groups is 2. The molecule has 0 amide bonds.